The predicted octanol–water partition coefficient (Wildman–Crippen LogP) is 3.67. The van der Waals surface area contributed by atoms with Gasteiger partial charge in [-0.1, -0.05) is 29.8 Å². The molecule has 3 rings (SSSR count). The van der Waals surface area contributed by atoms with Gasteiger partial charge in [0, 0.05) is 23.8 Å². The molecule has 2 amide bonds. The largest absolute Gasteiger partial charge is 0.325 e. The molecule has 25 heavy (non-hydrogen) atoms. The second-order valence-corrected chi connectivity index (χ2v) is 6.44. The third kappa shape index (κ3) is 3.12. The van der Waals surface area contributed by atoms with Crippen LogP contribution in [0.2, 0.25) is 5.02 Å². The molecule has 1 aliphatic heterocycles. The van der Waals surface area contributed by atoms with E-state index in [1.165, 1.54) is 23.1 Å². The maximum atomic E-state index is 13.9. The van der Waals surface area contributed by atoms with Gasteiger partial charge in [0.25, 0.3) is 5.91 Å². The van der Waals surface area contributed by atoms with Gasteiger partial charge in [-0.2, -0.15) is 0 Å². The normalized spacial score (nSPS) is 17.8. The average Bonchev–Trinajstić information content (AvgIpc) is 2.60. The molecule has 130 valence electrons. The summed E-state index contributed by atoms with van der Waals surface area (Å²) in [5, 5.41) is 0.586. The number of hydrogen-bond donors (Lipinski definition) is 0. The van der Waals surface area contributed by atoms with Crippen molar-refractivity contribution in [3.05, 3.63) is 64.4 Å². The van der Waals surface area contributed by atoms with Crippen LogP contribution in [0.1, 0.15) is 22.8 Å². The number of amides is 2. The lowest BCUT2D eigenvalue weighted by Crippen LogP contribution is -2.58. The summed E-state index contributed by atoms with van der Waals surface area (Å²) in [7, 11) is 0. The second kappa shape index (κ2) is 6.84. The van der Waals surface area contributed by atoms with Gasteiger partial charge in [0.2, 0.25) is 5.91 Å². The van der Waals surface area contributed by atoms with Crippen molar-refractivity contribution in [3.63, 3.8) is 0 Å². The minimum Gasteiger partial charge on any atom is -0.325 e. The Morgan fingerprint density at radius 1 is 1.16 bits per heavy atom. The molecule has 1 saturated heterocycles. The molecule has 2 aromatic rings. The number of carbonyl (C=O) groups is 2. The van der Waals surface area contributed by atoms with Crippen LogP contribution in [0, 0.1) is 12.7 Å². The van der Waals surface area contributed by atoms with E-state index in [-0.39, 0.29) is 11.5 Å². The summed E-state index contributed by atoms with van der Waals surface area (Å²) in [4.78, 5) is 28.5. The van der Waals surface area contributed by atoms with Crippen LogP contribution < -0.4 is 4.90 Å². The van der Waals surface area contributed by atoms with Crippen LogP contribution in [0.25, 0.3) is 0 Å². The summed E-state index contributed by atoms with van der Waals surface area (Å²) < 4.78 is 13.9. The van der Waals surface area contributed by atoms with Crippen LogP contribution in [0.4, 0.5) is 10.1 Å². The van der Waals surface area contributed by atoms with Crippen LogP contribution >= 0.6 is 11.6 Å². The van der Waals surface area contributed by atoms with E-state index in [1.54, 1.807) is 30.0 Å². The van der Waals surface area contributed by atoms with Gasteiger partial charge in [-0.3, -0.25) is 9.59 Å². The Bertz CT molecular complexity index is 840. The van der Waals surface area contributed by atoms with Crippen LogP contribution in [-0.2, 0) is 4.79 Å². The molecular weight excluding hydrogens is 343 g/mol. The molecule has 6 heteroatoms. The SMILES string of the molecule is Cc1c(Cl)cccc1N1CCN(C(=O)c2ccccc2F)C(C)C1=O. The molecule has 2 aromatic carbocycles. The van der Waals surface area contributed by atoms with Gasteiger partial charge < -0.3 is 9.80 Å². The zero-order chi connectivity index (χ0) is 18.1. The van der Waals surface area contributed by atoms with Gasteiger partial charge in [0.1, 0.15) is 11.9 Å². The van der Waals surface area contributed by atoms with E-state index < -0.39 is 17.8 Å². The van der Waals surface area contributed by atoms with Gasteiger partial charge in [-0.15, -0.1) is 0 Å². The van der Waals surface area contributed by atoms with Crippen molar-refractivity contribution in [1.82, 2.24) is 4.90 Å². The van der Waals surface area contributed by atoms with Crippen molar-refractivity contribution >= 4 is 29.1 Å². The van der Waals surface area contributed by atoms with E-state index in [0.717, 1.165) is 11.3 Å². The number of piperazine rings is 1. The van der Waals surface area contributed by atoms with Gasteiger partial charge in [0.05, 0.1) is 5.56 Å². The number of benzene rings is 2. The molecule has 1 fully saturated rings. The number of carbonyl (C=O) groups excluding carboxylic acids is 2. The molecule has 1 heterocycles. The molecule has 0 bridgehead atoms. The Morgan fingerprint density at radius 2 is 1.88 bits per heavy atom. The fourth-order valence-corrected chi connectivity index (χ4v) is 3.23. The highest BCUT2D eigenvalue weighted by molar-refractivity contribution is 6.31. The van der Waals surface area contributed by atoms with Crippen molar-refractivity contribution < 1.29 is 14.0 Å². The Labute approximate surface area is 150 Å². The van der Waals surface area contributed by atoms with E-state index in [4.69, 9.17) is 11.6 Å². The predicted molar refractivity (Wildman–Crippen MR) is 95.4 cm³/mol. The van der Waals surface area contributed by atoms with E-state index in [1.807, 2.05) is 13.0 Å². The number of rotatable bonds is 2. The lowest BCUT2D eigenvalue weighted by molar-refractivity contribution is -0.124. The Balaban J connectivity index is 1.86. The molecular formula is C19H18ClFN2O2. The summed E-state index contributed by atoms with van der Waals surface area (Å²) in [6.07, 6.45) is 0. The summed E-state index contributed by atoms with van der Waals surface area (Å²) in [5.74, 6) is -1.26. The third-order valence-corrected chi connectivity index (χ3v) is 4.96. The number of anilines is 1. The van der Waals surface area contributed by atoms with Gasteiger partial charge >= 0.3 is 0 Å². The lowest BCUT2D eigenvalue weighted by Gasteiger charge is -2.39. The first-order valence-electron chi connectivity index (χ1n) is 8.04. The fraction of sp³-hybridized carbons (Fsp3) is 0.263. The quantitative estimate of drug-likeness (QED) is 0.820. The van der Waals surface area contributed by atoms with Crippen molar-refractivity contribution in [1.29, 1.82) is 0 Å². The van der Waals surface area contributed by atoms with Crippen molar-refractivity contribution in [3.8, 4) is 0 Å². The molecule has 1 atom stereocenters. The first-order chi connectivity index (χ1) is 11.9. The van der Waals surface area contributed by atoms with Crippen molar-refractivity contribution in [2.75, 3.05) is 18.0 Å². The van der Waals surface area contributed by atoms with E-state index in [2.05, 4.69) is 0 Å². The summed E-state index contributed by atoms with van der Waals surface area (Å²) in [6, 6.07) is 10.5. The fourth-order valence-electron chi connectivity index (χ4n) is 3.06. The molecule has 0 spiro atoms. The summed E-state index contributed by atoms with van der Waals surface area (Å²) in [6.45, 7) is 4.18. The maximum Gasteiger partial charge on any atom is 0.257 e. The molecule has 4 nitrogen and oxygen atoms in total. The number of nitrogens with zero attached hydrogens (tertiary/aromatic N) is 2. The number of hydrogen-bond acceptors (Lipinski definition) is 2. The standard InChI is InChI=1S/C19H18ClFN2O2/c1-12-15(20)7-5-9-17(12)23-11-10-22(13(2)18(23)24)19(25)14-6-3-4-8-16(14)21/h3-9,13H,10-11H2,1-2H3. The molecule has 1 aliphatic rings. The second-order valence-electron chi connectivity index (χ2n) is 6.03. The Hall–Kier alpha value is -2.40. The van der Waals surface area contributed by atoms with Crippen LogP contribution in [-0.4, -0.2) is 35.8 Å². The minimum atomic E-state index is -0.681. The third-order valence-electron chi connectivity index (χ3n) is 4.55. The Morgan fingerprint density at radius 3 is 2.60 bits per heavy atom. The van der Waals surface area contributed by atoms with Crippen molar-refractivity contribution in [2.24, 2.45) is 0 Å². The highest BCUT2D eigenvalue weighted by Crippen LogP contribution is 2.29. The first kappa shape index (κ1) is 17.4. The average molecular weight is 361 g/mol. The van der Waals surface area contributed by atoms with E-state index >= 15 is 0 Å². The zero-order valence-electron chi connectivity index (χ0n) is 14.0. The van der Waals surface area contributed by atoms with Gasteiger partial charge in [-0.25, -0.2) is 4.39 Å². The van der Waals surface area contributed by atoms with Crippen LogP contribution in [0.3, 0.4) is 0 Å². The number of halogens is 2. The molecule has 0 saturated carbocycles. The highest BCUT2D eigenvalue weighted by Gasteiger charge is 2.36. The van der Waals surface area contributed by atoms with Crippen LogP contribution in [0.15, 0.2) is 42.5 Å². The molecule has 0 radical (unpaired) electrons. The smallest absolute Gasteiger partial charge is 0.257 e. The first-order valence-corrected chi connectivity index (χ1v) is 8.41. The molecule has 0 aromatic heterocycles. The maximum absolute atomic E-state index is 13.9. The van der Waals surface area contributed by atoms with Crippen molar-refractivity contribution in [2.45, 2.75) is 19.9 Å². The minimum absolute atomic E-state index is 0.0189. The van der Waals surface area contributed by atoms with Gasteiger partial charge in [-0.05, 0) is 43.7 Å². The molecule has 1 unspecified atom stereocenters. The monoisotopic (exact) mass is 360 g/mol. The lowest BCUT2D eigenvalue weighted by atomic mass is 10.1. The van der Waals surface area contributed by atoms with Crippen LogP contribution in [0.5, 0.6) is 0 Å². The summed E-state index contributed by atoms with van der Waals surface area (Å²) in [5.41, 5.74) is 1.54. The highest BCUT2D eigenvalue weighted by atomic mass is 35.5. The molecule has 0 aliphatic carbocycles. The van der Waals surface area contributed by atoms with Gasteiger partial charge in [0.15, 0.2) is 0 Å². The molecule has 0 N–H and O–H groups in total. The topological polar surface area (TPSA) is 40.6 Å². The van der Waals surface area contributed by atoms with E-state index in [0.29, 0.717) is 18.1 Å². The Kier molecular flexibility index (Phi) is 4.77. The van der Waals surface area contributed by atoms with E-state index in [9.17, 15) is 14.0 Å². The zero-order valence-corrected chi connectivity index (χ0v) is 14.8. The summed E-state index contributed by atoms with van der Waals surface area (Å²) >= 11 is 6.15.